The number of nitrogens with one attached hydrogen (secondary N) is 1. The van der Waals surface area contributed by atoms with Crippen molar-refractivity contribution in [1.29, 1.82) is 0 Å². The van der Waals surface area contributed by atoms with Gasteiger partial charge in [0.1, 0.15) is 18.4 Å². The Kier molecular flexibility index (Phi) is 12.1. The summed E-state index contributed by atoms with van der Waals surface area (Å²) in [5.41, 5.74) is 7.56. The molecule has 3 N–H and O–H groups in total. The Morgan fingerprint density at radius 2 is 1.36 bits per heavy atom. The van der Waals surface area contributed by atoms with E-state index >= 15 is 0 Å². The van der Waals surface area contributed by atoms with Crippen molar-refractivity contribution in [3.8, 4) is 5.75 Å². The van der Waals surface area contributed by atoms with Crippen LogP contribution in [0.25, 0.3) is 11.1 Å². The predicted octanol–water partition coefficient (Wildman–Crippen LogP) is 5.14. The number of piperidine rings is 3. The molecule has 4 aliphatic rings. The number of nitrogens with zero attached hydrogens (tertiary/aromatic N) is 3. The van der Waals surface area contributed by atoms with E-state index in [0.29, 0.717) is 35.0 Å². The largest absolute Gasteiger partial charge is 0.492 e. The Hall–Kier alpha value is -5.56. The molecule has 4 amide bonds. The maximum Gasteiger partial charge on any atom is 0.488 e. The number of likely N-dealkylation sites (tertiary alicyclic amines) is 1. The van der Waals surface area contributed by atoms with E-state index in [9.17, 15) is 29.2 Å². The number of imide groups is 2. The number of amides is 4. The van der Waals surface area contributed by atoms with Crippen LogP contribution in [0.15, 0.2) is 97.1 Å². The van der Waals surface area contributed by atoms with Gasteiger partial charge >= 0.3 is 7.12 Å². The van der Waals surface area contributed by atoms with E-state index in [2.05, 4.69) is 46.3 Å². The van der Waals surface area contributed by atoms with Crippen LogP contribution in [-0.2, 0) is 9.59 Å². The Balaban J connectivity index is 0.815. The number of ether oxygens (including phenoxy) is 1. The second kappa shape index (κ2) is 17.7. The number of carbonyl (C=O) groups excluding carboxylic acids is 4. The first-order valence-electron chi connectivity index (χ1n) is 21.0. The lowest BCUT2D eigenvalue weighted by atomic mass is 9.78. The number of rotatable bonds is 12. The zero-order valence-electron chi connectivity index (χ0n) is 33.5. The van der Waals surface area contributed by atoms with Gasteiger partial charge in [0.05, 0.1) is 11.1 Å². The van der Waals surface area contributed by atoms with Gasteiger partial charge in [-0.2, -0.15) is 0 Å². The fourth-order valence-corrected chi connectivity index (χ4v) is 9.44. The van der Waals surface area contributed by atoms with Crippen LogP contribution in [0, 0.1) is 11.8 Å². The van der Waals surface area contributed by atoms with E-state index in [1.54, 1.807) is 24.3 Å². The van der Waals surface area contributed by atoms with Crippen molar-refractivity contribution in [2.75, 3.05) is 44.2 Å². The molecule has 11 nitrogen and oxygen atoms in total. The fraction of sp³-hybridized carbons (Fsp3) is 0.362. The highest BCUT2D eigenvalue weighted by Crippen LogP contribution is 2.37. The molecular formula is C47H51BN4O7. The molecule has 1 atom stereocenters. The molecule has 0 radical (unpaired) electrons. The van der Waals surface area contributed by atoms with Crippen LogP contribution in [0.5, 0.6) is 5.75 Å². The number of carbonyl (C=O) groups is 4. The van der Waals surface area contributed by atoms with Crippen LogP contribution < -0.4 is 20.4 Å². The average Bonchev–Trinajstić information content (AvgIpc) is 3.51. The fourth-order valence-electron chi connectivity index (χ4n) is 9.44. The topological polar surface area (TPSA) is 140 Å². The minimum Gasteiger partial charge on any atom is -0.492 e. The van der Waals surface area contributed by atoms with E-state index in [1.165, 1.54) is 18.4 Å². The van der Waals surface area contributed by atoms with Crippen molar-refractivity contribution in [3.05, 3.63) is 125 Å². The second-order valence-electron chi connectivity index (χ2n) is 16.1. The molecule has 0 aliphatic carbocycles. The Bertz CT molecular complexity index is 2210. The number of hydrogen-bond donors (Lipinski definition) is 3. The van der Waals surface area contributed by atoms with Crippen molar-refractivity contribution < 1.29 is 34.0 Å². The number of benzene rings is 4. The van der Waals surface area contributed by atoms with Gasteiger partial charge in [-0.25, -0.2) is 0 Å². The van der Waals surface area contributed by atoms with Gasteiger partial charge in [-0.05, 0) is 127 Å². The zero-order chi connectivity index (χ0) is 41.0. The summed E-state index contributed by atoms with van der Waals surface area (Å²) < 4.78 is 6.25. The summed E-state index contributed by atoms with van der Waals surface area (Å²) in [7, 11) is -1.51. The molecule has 3 saturated heterocycles. The molecule has 59 heavy (non-hydrogen) atoms. The maximum atomic E-state index is 13.4. The van der Waals surface area contributed by atoms with Gasteiger partial charge in [0, 0.05) is 31.7 Å². The second-order valence-corrected chi connectivity index (χ2v) is 16.1. The molecular weight excluding hydrogens is 743 g/mol. The number of allylic oxidation sites excluding steroid dienone is 1. The summed E-state index contributed by atoms with van der Waals surface area (Å²) in [5.74, 6) is 0.233. The minimum absolute atomic E-state index is 0.0995. The standard InChI is InChI=1S/C47H51BN4O7/c1-2-39(33-6-4-3-5-7-33)44(34-8-12-36(13-9-34)48(57)58)35-10-15-38(16-11-35)59-29-28-50-24-20-31(21-25-50)32-22-26-51(27-23-32)37-14-17-40-41(30-37)47(56)52(46(40)55)42-18-19-43(53)49-45(42)54/h3-17,30-32,42,57-58H,2,18-29H2,1H3,(H,49,53,54)/b44-39+. The maximum absolute atomic E-state index is 13.4. The molecule has 8 rings (SSSR count). The highest BCUT2D eigenvalue weighted by molar-refractivity contribution is 6.58. The summed E-state index contributed by atoms with van der Waals surface area (Å²) in [4.78, 5) is 56.4. The van der Waals surface area contributed by atoms with E-state index < -0.39 is 30.9 Å². The lowest BCUT2D eigenvalue weighted by molar-refractivity contribution is -0.136. The summed E-state index contributed by atoms with van der Waals surface area (Å²) in [6.07, 6.45) is 5.56. The predicted molar refractivity (Wildman–Crippen MR) is 228 cm³/mol. The van der Waals surface area contributed by atoms with Crippen LogP contribution in [-0.4, -0.2) is 96.0 Å². The van der Waals surface area contributed by atoms with Crippen molar-refractivity contribution >= 4 is 53.0 Å². The van der Waals surface area contributed by atoms with E-state index in [-0.39, 0.29) is 18.7 Å². The van der Waals surface area contributed by atoms with E-state index in [1.807, 2.05) is 48.5 Å². The summed E-state index contributed by atoms with van der Waals surface area (Å²) in [6.45, 7) is 7.52. The van der Waals surface area contributed by atoms with Crippen molar-refractivity contribution in [2.45, 2.75) is 57.9 Å². The molecule has 1 unspecified atom stereocenters. The molecule has 12 heteroatoms. The first kappa shape index (κ1) is 40.2. The molecule has 0 aromatic heterocycles. The zero-order valence-corrected chi connectivity index (χ0v) is 33.5. The van der Waals surface area contributed by atoms with Crippen LogP contribution in [0.4, 0.5) is 5.69 Å². The lowest BCUT2D eigenvalue weighted by Crippen LogP contribution is -2.54. The quantitative estimate of drug-likeness (QED) is 0.101. The third-order valence-electron chi connectivity index (χ3n) is 12.7. The molecule has 4 aromatic carbocycles. The van der Waals surface area contributed by atoms with Crippen LogP contribution >= 0.6 is 0 Å². The normalized spacial score (nSPS) is 19.7. The van der Waals surface area contributed by atoms with E-state index in [4.69, 9.17) is 4.74 Å². The molecule has 0 saturated carbocycles. The Morgan fingerprint density at radius 3 is 1.98 bits per heavy atom. The SMILES string of the molecule is CC/C(=C(\c1ccc(OCCN2CCC(C3CCN(c4ccc5c(c4)C(=O)N(C4CCC(=O)NC4=O)C5=O)CC3)CC2)cc1)c1ccc(B(O)O)cc1)c1ccccc1. The van der Waals surface area contributed by atoms with Gasteiger partial charge in [-0.15, -0.1) is 0 Å². The monoisotopic (exact) mass is 794 g/mol. The molecule has 0 bridgehead atoms. The third-order valence-corrected chi connectivity index (χ3v) is 12.7. The molecule has 0 spiro atoms. The van der Waals surface area contributed by atoms with Crippen molar-refractivity contribution in [2.24, 2.45) is 11.8 Å². The molecule has 304 valence electrons. The number of hydrogen-bond acceptors (Lipinski definition) is 9. The first-order chi connectivity index (χ1) is 28.7. The van der Waals surface area contributed by atoms with Crippen LogP contribution in [0.2, 0.25) is 0 Å². The summed E-state index contributed by atoms with van der Waals surface area (Å²) >= 11 is 0. The average molecular weight is 795 g/mol. The Labute approximate surface area is 345 Å². The number of fused-ring (bicyclic) bond motifs is 1. The molecule has 4 aliphatic heterocycles. The van der Waals surface area contributed by atoms with Crippen LogP contribution in [0.3, 0.4) is 0 Å². The van der Waals surface area contributed by atoms with Crippen molar-refractivity contribution in [1.82, 2.24) is 15.1 Å². The first-order valence-corrected chi connectivity index (χ1v) is 21.0. The number of anilines is 1. The van der Waals surface area contributed by atoms with Crippen LogP contribution in [0.1, 0.15) is 89.3 Å². The molecule has 3 fully saturated rings. The summed E-state index contributed by atoms with van der Waals surface area (Å²) in [6, 6.07) is 30.5. The third kappa shape index (κ3) is 8.62. The van der Waals surface area contributed by atoms with Gasteiger partial charge in [0.25, 0.3) is 11.8 Å². The van der Waals surface area contributed by atoms with Gasteiger partial charge in [-0.3, -0.25) is 34.3 Å². The smallest absolute Gasteiger partial charge is 0.488 e. The highest BCUT2D eigenvalue weighted by atomic mass is 16.5. The Morgan fingerprint density at radius 1 is 0.729 bits per heavy atom. The van der Waals surface area contributed by atoms with Gasteiger partial charge in [0.2, 0.25) is 11.8 Å². The summed E-state index contributed by atoms with van der Waals surface area (Å²) in [5, 5.41) is 21.6. The van der Waals surface area contributed by atoms with Gasteiger partial charge in [-0.1, -0.05) is 73.7 Å². The van der Waals surface area contributed by atoms with Gasteiger partial charge < -0.3 is 19.7 Å². The van der Waals surface area contributed by atoms with E-state index in [0.717, 1.165) is 90.6 Å². The van der Waals surface area contributed by atoms with Gasteiger partial charge in [0.15, 0.2) is 0 Å². The van der Waals surface area contributed by atoms with Crippen molar-refractivity contribution in [3.63, 3.8) is 0 Å². The molecule has 4 heterocycles. The highest BCUT2D eigenvalue weighted by Gasteiger charge is 2.45. The molecule has 4 aromatic rings. The minimum atomic E-state index is -1.51. The lowest BCUT2D eigenvalue weighted by Gasteiger charge is -2.41.